The minimum Gasteiger partial charge on any atom is -0.377 e. The summed E-state index contributed by atoms with van der Waals surface area (Å²) in [6, 6.07) is 0. The molecule has 4 fully saturated rings. The van der Waals surface area contributed by atoms with Gasteiger partial charge in [-0.2, -0.15) is 0 Å². The highest BCUT2D eigenvalue weighted by Gasteiger charge is 2.57. The van der Waals surface area contributed by atoms with Crippen LogP contribution in [0.25, 0.3) is 0 Å². The van der Waals surface area contributed by atoms with Gasteiger partial charge < -0.3 is 20.1 Å². The number of ether oxygens (including phenoxy) is 2. The number of aromatic nitrogens is 1. The number of anilines is 1. The highest BCUT2D eigenvalue weighted by atomic mass is 32.1. The molecule has 0 spiro atoms. The normalized spacial score (nSPS) is 36.3. The Kier molecular flexibility index (Phi) is 4.65. The molecule has 146 valence electrons. The number of rotatable bonds is 6. The van der Waals surface area contributed by atoms with Crippen molar-refractivity contribution in [1.29, 1.82) is 0 Å². The Bertz CT molecular complexity index is 714. The van der Waals surface area contributed by atoms with E-state index < -0.39 is 0 Å². The Hall–Kier alpha value is -1.51. The lowest BCUT2D eigenvalue weighted by atomic mass is 10.2. The van der Waals surface area contributed by atoms with Crippen LogP contribution >= 0.6 is 11.3 Å². The second-order valence-corrected chi connectivity index (χ2v) is 8.87. The minimum absolute atomic E-state index is 0.0107. The van der Waals surface area contributed by atoms with E-state index in [-0.39, 0.29) is 35.9 Å². The average Bonchev–Trinajstić information content (AvgIpc) is 3.55. The molecule has 1 aromatic rings. The molecule has 3 heterocycles. The number of thiazole rings is 1. The van der Waals surface area contributed by atoms with E-state index in [4.69, 9.17) is 9.47 Å². The second-order valence-electron chi connectivity index (χ2n) is 8.01. The minimum atomic E-state index is -0.0107. The van der Waals surface area contributed by atoms with Crippen LogP contribution in [0.15, 0.2) is 5.38 Å². The molecule has 8 heteroatoms. The zero-order valence-corrected chi connectivity index (χ0v) is 16.0. The molecule has 1 aromatic heterocycles. The van der Waals surface area contributed by atoms with E-state index in [1.54, 1.807) is 0 Å². The Balaban J connectivity index is 1.06. The van der Waals surface area contributed by atoms with Crippen molar-refractivity contribution in [2.45, 2.75) is 44.3 Å². The number of hydrogen-bond acceptors (Lipinski definition) is 6. The Labute approximate surface area is 162 Å². The van der Waals surface area contributed by atoms with Crippen molar-refractivity contribution in [2.75, 3.05) is 25.1 Å². The van der Waals surface area contributed by atoms with Gasteiger partial charge >= 0.3 is 0 Å². The molecule has 2 saturated heterocycles. The lowest BCUT2D eigenvalue weighted by Crippen LogP contribution is -2.28. The molecule has 6 unspecified atom stereocenters. The smallest absolute Gasteiger partial charge is 0.232 e. The number of nitrogens with one attached hydrogen (secondary N) is 2. The van der Waals surface area contributed by atoms with Crippen LogP contribution in [0.2, 0.25) is 0 Å². The first-order valence-electron chi connectivity index (χ1n) is 9.98. The lowest BCUT2D eigenvalue weighted by molar-refractivity contribution is -0.123. The van der Waals surface area contributed by atoms with Gasteiger partial charge in [-0.25, -0.2) is 4.98 Å². The van der Waals surface area contributed by atoms with Crippen molar-refractivity contribution < 1.29 is 19.1 Å². The first-order chi connectivity index (χ1) is 13.2. The van der Waals surface area contributed by atoms with Gasteiger partial charge in [0.05, 0.1) is 29.7 Å². The third kappa shape index (κ3) is 3.50. The molecule has 2 aliphatic heterocycles. The van der Waals surface area contributed by atoms with Crippen LogP contribution in [-0.2, 0) is 25.5 Å². The number of carbonyl (C=O) groups excluding carboxylic acids is 2. The van der Waals surface area contributed by atoms with E-state index in [9.17, 15) is 9.59 Å². The van der Waals surface area contributed by atoms with E-state index in [1.165, 1.54) is 11.3 Å². The molecular formula is C19H25N3O4S. The highest BCUT2D eigenvalue weighted by Crippen LogP contribution is 2.49. The van der Waals surface area contributed by atoms with Crippen LogP contribution in [0.4, 0.5) is 5.13 Å². The summed E-state index contributed by atoms with van der Waals surface area (Å²) in [5.74, 6) is 0.980. The van der Waals surface area contributed by atoms with Gasteiger partial charge in [-0.3, -0.25) is 9.59 Å². The average molecular weight is 391 g/mol. The van der Waals surface area contributed by atoms with Gasteiger partial charge in [-0.1, -0.05) is 0 Å². The molecule has 0 bridgehead atoms. The van der Waals surface area contributed by atoms with Crippen molar-refractivity contribution in [2.24, 2.45) is 23.7 Å². The SMILES string of the molecule is O=C(NCCc1csc(NC(=O)C2C3CCCOC32)n1)C1C2CCCOC21. The summed E-state index contributed by atoms with van der Waals surface area (Å²) in [4.78, 5) is 29.1. The summed E-state index contributed by atoms with van der Waals surface area (Å²) < 4.78 is 11.3. The topological polar surface area (TPSA) is 89.6 Å². The number of hydrogen-bond donors (Lipinski definition) is 2. The first-order valence-corrected chi connectivity index (χ1v) is 10.9. The van der Waals surface area contributed by atoms with Gasteiger partial charge in [0.1, 0.15) is 0 Å². The molecule has 2 aliphatic carbocycles. The molecule has 27 heavy (non-hydrogen) atoms. The number of carbonyl (C=O) groups is 2. The van der Waals surface area contributed by atoms with Gasteiger partial charge in [-0.05, 0) is 25.7 Å². The third-order valence-corrected chi connectivity index (χ3v) is 7.05. The predicted octanol–water partition coefficient (Wildman–Crippen LogP) is 1.59. The van der Waals surface area contributed by atoms with Crippen LogP contribution in [-0.4, -0.2) is 48.8 Å². The van der Waals surface area contributed by atoms with Gasteiger partial charge in [0.25, 0.3) is 0 Å². The molecule has 0 radical (unpaired) electrons. The van der Waals surface area contributed by atoms with Gasteiger partial charge in [0.2, 0.25) is 11.8 Å². The summed E-state index contributed by atoms with van der Waals surface area (Å²) in [7, 11) is 0. The molecule has 0 aromatic carbocycles. The Morgan fingerprint density at radius 3 is 2.37 bits per heavy atom. The van der Waals surface area contributed by atoms with Crippen LogP contribution in [0.5, 0.6) is 0 Å². The molecule has 6 atom stereocenters. The van der Waals surface area contributed by atoms with Gasteiger partial charge in [0.15, 0.2) is 5.13 Å². The zero-order chi connectivity index (χ0) is 18.4. The fraction of sp³-hybridized carbons (Fsp3) is 0.737. The van der Waals surface area contributed by atoms with E-state index in [0.717, 1.165) is 44.6 Å². The van der Waals surface area contributed by atoms with Gasteiger partial charge in [0, 0.05) is 43.4 Å². The first kappa shape index (κ1) is 17.6. The maximum absolute atomic E-state index is 12.4. The fourth-order valence-electron chi connectivity index (χ4n) is 4.69. The largest absolute Gasteiger partial charge is 0.377 e. The monoisotopic (exact) mass is 391 g/mol. The number of amides is 2. The molecule has 4 aliphatic rings. The maximum Gasteiger partial charge on any atom is 0.232 e. The predicted molar refractivity (Wildman–Crippen MR) is 99.4 cm³/mol. The molecule has 2 saturated carbocycles. The summed E-state index contributed by atoms with van der Waals surface area (Å²) >= 11 is 1.43. The van der Waals surface area contributed by atoms with Crippen LogP contribution < -0.4 is 10.6 Å². The third-order valence-electron chi connectivity index (χ3n) is 6.24. The van der Waals surface area contributed by atoms with Crippen LogP contribution in [0.3, 0.4) is 0 Å². The van der Waals surface area contributed by atoms with Crippen molar-refractivity contribution in [3.05, 3.63) is 11.1 Å². The van der Waals surface area contributed by atoms with E-state index >= 15 is 0 Å². The molecular weight excluding hydrogens is 366 g/mol. The van der Waals surface area contributed by atoms with Crippen molar-refractivity contribution >= 4 is 28.3 Å². The van der Waals surface area contributed by atoms with Crippen LogP contribution in [0.1, 0.15) is 31.4 Å². The quantitative estimate of drug-likeness (QED) is 0.769. The van der Waals surface area contributed by atoms with E-state index in [0.29, 0.717) is 29.9 Å². The molecule has 2 N–H and O–H groups in total. The molecule has 5 rings (SSSR count). The zero-order valence-electron chi connectivity index (χ0n) is 15.2. The second kappa shape index (κ2) is 7.14. The Morgan fingerprint density at radius 2 is 1.74 bits per heavy atom. The maximum atomic E-state index is 12.4. The summed E-state index contributed by atoms with van der Waals surface area (Å²) in [6.07, 6.45) is 5.22. The molecule has 7 nitrogen and oxygen atoms in total. The van der Waals surface area contributed by atoms with Crippen LogP contribution in [0, 0.1) is 23.7 Å². The van der Waals surface area contributed by atoms with Crippen molar-refractivity contribution in [3.63, 3.8) is 0 Å². The van der Waals surface area contributed by atoms with Crippen molar-refractivity contribution in [3.8, 4) is 0 Å². The summed E-state index contributed by atoms with van der Waals surface area (Å²) in [5, 5.41) is 8.50. The fourth-order valence-corrected chi connectivity index (χ4v) is 5.44. The van der Waals surface area contributed by atoms with Crippen molar-refractivity contribution in [1.82, 2.24) is 10.3 Å². The number of fused-ring (bicyclic) bond motifs is 2. The molecule has 2 amide bonds. The summed E-state index contributed by atoms with van der Waals surface area (Å²) in [5.41, 5.74) is 0.893. The van der Waals surface area contributed by atoms with E-state index in [2.05, 4.69) is 15.6 Å². The summed E-state index contributed by atoms with van der Waals surface area (Å²) in [6.45, 7) is 2.12. The Morgan fingerprint density at radius 1 is 1.07 bits per heavy atom. The van der Waals surface area contributed by atoms with E-state index in [1.807, 2.05) is 5.38 Å². The van der Waals surface area contributed by atoms with Gasteiger partial charge in [-0.15, -0.1) is 11.3 Å². The number of nitrogens with zero attached hydrogens (tertiary/aromatic N) is 1. The lowest BCUT2D eigenvalue weighted by Gasteiger charge is -2.07. The highest BCUT2D eigenvalue weighted by molar-refractivity contribution is 7.13. The standard InChI is InChI=1S/C19H25N3O4S/c23-17(13-11-3-1-7-25-15(11)13)20-6-5-10-9-27-19(21-10)22-18(24)14-12-4-2-8-26-16(12)14/h9,11-16H,1-8H2,(H,20,23)(H,21,22,24).